The van der Waals surface area contributed by atoms with Crippen LogP contribution in [0.15, 0.2) is 24.3 Å². The SMILES string of the molecule is C=C(C)C[C@H](N)c1ccc(F)c(F)c1O.Cl. The first-order valence-corrected chi connectivity index (χ1v) is 4.50. The van der Waals surface area contributed by atoms with Crippen molar-refractivity contribution in [3.63, 3.8) is 0 Å². The average molecular weight is 250 g/mol. The second-order valence-electron chi connectivity index (χ2n) is 3.57. The molecule has 0 fully saturated rings. The number of aromatic hydroxyl groups is 1. The number of nitrogens with two attached hydrogens (primary N) is 1. The third kappa shape index (κ3) is 3.18. The highest BCUT2D eigenvalue weighted by atomic mass is 35.5. The Labute approximate surface area is 99.2 Å². The lowest BCUT2D eigenvalue weighted by molar-refractivity contribution is 0.397. The van der Waals surface area contributed by atoms with Gasteiger partial charge in [-0.15, -0.1) is 19.0 Å². The quantitative estimate of drug-likeness (QED) is 0.809. The van der Waals surface area contributed by atoms with Crippen molar-refractivity contribution < 1.29 is 13.9 Å². The number of hydrogen-bond donors (Lipinski definition) is 2. The summed E-state index contributed by atoms with van der Waals surface area (Å²) in [4.78, 5) is 0. The monoisotopic (exact) mass is 249 g/mol. The van der Waals surface area contributed by atoms with Gasteiger partial charge in [0.05, 0.1) is 0 Å². The van der Waals surface area contributed by atoms with Gasteiger partial charge < -0.3 is 10.8 Å². The van der Waals surface area contributed by atoms with Crippen molar-refractivity contribution in [2.75, 3.05) is 0 Å². The molecule has 0 aliphatic rings. The molecule has 0 heterocycles. The Morgan fingerprint density at radius 1 is 1.50 bits per heavy atom. The van der Waals surface area contributed by atoms with Gasteiger partial charge in [0.1, 0.15) is 0 Å². The lowest BCUT2D eigenvalue weighted by Gasteiger charge is -2.13. The van der Waals surface area contributed by atoms with Gasteiger partial charge in [0, 0.05) is 11.6 Å². The number of hydrogen-bond acceptors (Lipinski definition) is 2. The summed E-state index contributed by atoms with van der Waals surface area (Å²) >= 11 is 0. The molecule has 0 radical (unpaired) electrons. The fourth-order valence-corrected chi connectivity index (χ4v) is 1.34. The third-order valence-electron chi connectivity index (χ3n) is 2.07. The molecule has 0 amide bonds. The fourth-order valence-electron chi connectivity index (χ4n) is 1.34. The van der Waals surface area contributed by atoms with Gasteiger partial charge in [-0.2, -0.15) is 4.39 Å². The Bertz CT molecular complexity index is 396. The van der Waals surface area contributed by atoms with Gasteiger partial charge in [-0.3, -0.25) is 0 Å². The van der Waals surface area contributed by atoms with Crippen LogP contribution in [0, 0.1) is 11.6 Å². The highest BCUT2D eigenvalue weighted by Crippen LogP contribution is 2.30. The molecule has 0 aliphatic heterocycles. The third-order valence-corrected chi connectivity index (χ3v) is 2.07. The minimum absolute atomic E-state index is 0. The maximum absolute atomic E-state index is 13.0. The zero-order chi connectivity index (χ0) is 11.6. The van der Waals surface area contributed by atoms with Crippen LogP contribution in [0.1, 0.15) is 24.9 Å². The number of halogens is 3. The van der Waals surface area contributed by atoms with Gasteiger partial charge in [0.15, 0.2) is 11.6 Å². The number of phenols is 1. The Hall–Kier alpha value is -1.13. The lowest BCUT2D eigenvalue weighted by atomic mass is 10.00. The van der Waals surface area contributed by atoms with E-state index in [1.165, 1.54) is 6.07 Å². The minimum atomic E-state index is -1.26. The predicted octanol–water partition coefficient (Wildman–Crippen LogP) is 3.06. The Kier molecular flexibility index (Phi) is 5.41. The van der Waals surface area contributed by atoms with E-state index in [1.807, 2.05) is 0 Å². The van der Waals surface area contributed by atoms with E-state index in [2.05, 4.69) is 6.58 Å². The summed E-state index contributed by atoms with van der Waals surface area (Å²) in [6.07, 6.45) is 0.415. The van der Waals surface area contributed by atoms with E-state index in [0.717, 1.165) is 11.6 Å². The average Bonchev–Trinajstić information content (AvgIpc) is 2.13. The zero-order valence-electron chi connectivity index (χ0n) is 8.84. The smallest absolute Gasteiger partial charge is 0.200 e. The maximum Gasteiger partial charge on any atom is 0.200 e. The van der Waals surface area contributed by atoms with Crippen molar-refractivity contribution in [2.24, 2.45) is 5.73 Å². The highest BCUT2D eigenvalue weighted by molar-refractivity contribution is 5.85. The van der Waals surface area contributed by atoms with Crippen LogP contribution in [0.3, 0.4) is 0 Å². The summed E-state index contributed by atoms with van der Waals surface area (Å²) in [7, 11) is 0. The standard InChI is InChI=1S/C11H13F2NO.ClH/c1-6(2)5-9(14)7-3-4-8(12)10(13)11(7)15;/h3-4,9,15H,1,5,14H2,2H3;1H/t9-;/m0./s1. The van der Waals surface area contributed by atoms with Crippen LogP contribution < -0.4 is 5.73 Å². The molecule has 0 spiro atoms. The molecule has 0 saturated heterocycles. The van der Waals surface area contributed by atoms with E-state index in [0.29, 0.717) is 6.42 Å². The topological polar surface area (TPSA) is 46.2 Å². The van der Waals surface area contributed by atoms with Crippen molar-refractivity contribution in [2.45, 2.75) is 19.4 Å². The molecule has 0 aliphatic carbocycles. The van der Waals surface area contributed by atoms with Crippen LogP contribution in [0.5, 0.6) is 5.75 Å². The molecule has 5 heteroatoms. The predicted molar refractivity (Wildman–Crippen MR) is 61.6 cm³/mol. The Morgan fingerprint density at radius 3 is 2.56 bits per heavy atom. The van der Waals surface area contributed by atoms with E-state index >= 15 is 0 Å². The fraction of sp³-hybridized carbons (Fsp3) is 0.273. The first kappa shape index (κ1) is 14.9. The van der Waals surface area contributed by atoms with E-state index in [-0.39, 0.29) is 18.0 Å². The summed E-state index contributed by atoms with van der Waals surface area (Å²) in [5.74, 6) is -3.06. The summed E-state index contributed by atoms with van der Waals surface area (Å²) in [6, 6.07) is 1.65. The second-order valence-corrected chi connectivity index (χ2v) is 3.57. The Balaban J connectivity index is 0.00000225. The largest absolute Gasteiger partial charge is 0.505 e. The van der Waals surface area contributed by atoms with Crippen molar-refractivity contribution in [3.8, 4) is 5.75 Å². The van der Waals surface area contributed by atoms with E-state index in [1.54, 1.807) is 6.92 Å². The first-order valence-electron chi connectivity index (χ1n) is 4.50. The molecule has 3 N–H and O–H groups in total. The molecule has 1 aromatic carbocycles. The second kappa shape index (κ2) is 5.82. The normalized spacial score (nSPS) is 11.8. The molecular formula is C11H14ClF2NO. The zero-order valence-corrected chi connectivity index (χ0v) is 9.65. The molecule has 2 nitrogen and oxygen atoms in total. The van der Waals surface area contributed by atoms with Crippen LogP contribution in [0.25, 0.3) is 0 Å². The molecule has 1 rings (SSSR count). The molecule has 0 saturated carbocycles. The van der Waals surface area contributed by atoms with Crippen molar-refractivity contribution in [1.82, 2.24) is 0 Å². The summed E-state index contributed by atoms with van der Waals surface area (Å²) in [5.41, 5.74) is 6.71. The van der Waals surface area contributed by atoms with Crippen molar-refractivity contribution in [1.29, 1.82) is 0 Å². The summed E-state index contributed by atoms with van der Waals surface area (Å²) in [6.45, 7) is 5.44. The van der Waals surface area contributed by atoms with E-state index in [9.17, 15) is 13.9 Å². The van der Waals surface area contributed by atoms with Crippen LogP contribution in [0.2, 0.25) is 0 Å². The summed E-state index contributed by atoms with van der Waals surface area (Å²) < 4.78 is 25.7. The van der Waals surface area contributed by atoms with Gasteiger partial charge in [-0.1, -0.05) is 11.6 Å². The van der Waals surface area contributed by atoms with Crippen LogP contribution in [-0.2, 0) is 0 Å². The van der Waals surface area contributed by atoms with Gasteiger partial charge in [-0.05, 0) is 19.4 Å². The number of benzene rings is 1. The molecular weight excluding hydrogens is 236 g/mol. The maximum atomic E-state index is 13.0. The van der Waals surface area contributed by atoms with Gasteiger partial charge >= 0.3 is 0 Å². The highest BCUT2D eigenvalue weighted by Gasteiger charge is 2.17. The molecule has 0 aromatic heterocycles. The van der Waals surface area contributed by atoms with Crippen LogP contribution >= 0.6 is 12.4 Å². The number of phenolic OH excluding ortho intramolecular Hbond substituents is 1. The Morgan fingerprint density at radius 2 is 2.06 bits per heavy atom. The molecule has 1 atom stereocenters. The summed E-state index contributed by atoms with van der Waals surface area (Å²) in [5, 5.41) is 9.34. The van der Waals surface area contributed by atoms with Crippen molar-refractivity contribution >= 4 is 12.4 Å². The van der Waals surface area contributed by atoms with Gasteiger partial charge in [0.25, 0.3) is 0 Å². The first-order chi connectivity index (χ1) is 6.93. The minimum Gasteiger partial charge on any atom is -0.505 e. The van der Waals surface area contributed by atoms with Gasteiger partial charge in [0.2, 0.25) is 5.82 Å². The molecule has 0 bridgehead atoms. The molecule has 1 aromatic rings. The van der Waals surface area contributed by atoms with Gasteiger partial charge in [-0.25, -0.2) is 4.39 Å². The lowest BCUT2D eigenvalue weighted by Crippen LogP contribution is -2.11. The molecule has 0 unspecified atom stereocenters. The molecule has 16 heavy (non-hydrogen) atoms. The van der Waals surface area contributed by atoms with E-state index in [4.69, 9.17) is 5.73 Å². The van der Waals surface area contributed by atoms with Crippen molar-refractivity contribution in [3.05, 3.63) is 41.5 Å². The molecule has 90 valence electrons. The van der Waals surface area contributed by atoms with E-state index < -0.39 is 23.4 Å². The number of rotatable bonds is 3. The van der Waals surface area contributed by atoms with Crippen LogP contribution in [0.4, 0.5) is 8.78 Å². The van der Waals surface area contributed by atoms with Crippen LogP contribution in [-0.4, -0.2) is 5.11 Å².